The zero-order chi connectivity index (χ0) is 8.32. The summed E-state index contributed by atoms with van der Waals surface area (Å²) in [5.41, 5.74) is -0.674. The van der Waals surface area contributed by atoms with Crippen LogP contribution in [0.2, 0.25) is 0 Å². The first-order valence-electron chi connectivity index (χ1n) is 4.39. The molecule has 0 aliphatic heterocycles. The van der Waals surface area contributed by atoms with Gasteiger partial charge >= 0.3 is 0 Å². The monoisotopic (exact) mass is 152 g/mol. The molecule has 1 aliphatic rings. The molecule has 0 radical (unpaired) electrons. The topological polar surface area (TPSA) is 20.2 Å². The first-order chi connectivity index (χ1) is 5.23. The molecule has 1 aliphatic carbocycles. The fourth-order valence-corrected chi connectivity index (χ4v) is 1.58. The molecule has 1 nitrogen and oxygen atoms in total. The Morgan fingerprint density at radius 2 is 2.18 bits per heavy atom. The Labute approximate surface area is 68.8 Å². The molecule has 0 heterocycles. The lowest BCUT2D eigenvalue weighted by Crippen LogP contribution is -2.39. The van der Waals surface area contributed by atoms with Gasteiger partial charge in [0, 0.05) is 0 Å². The predicted molar refractivity (Wildman–Crippen MR) is 46.0 cm³/mol. The predicted octanol–water partition coefficient (Wildman–Crippen LogP) is 1.95. The molecule has 0 aromatic carbocycles. The lowest BCUT2D eigenvalue weighted by molar-refractivity contribution is -0.00283. The molecule has 1 atom stereocenters. The zero-order valence-corrected chi connectivity index (χ0v) is 7.35. The molecular formula is C10H16O. The maximum Gasteiger partial charge on any atom is 0.128 e. The van der Waals surface area contributed by atoms with Crippen LogP contribution in [0.1, 0.15) is 39.5 Å². The van der Waals surface area contributed by atoms with Crippen LogP contribution in [0.3, 0.4) is 0 Å². The molecule has 0 aromatic rings. The molecule has 0 spiro atoms. The quantitative estimate of drug-likeness (QED) is 0.600. The minimum Gasteiger partial charge on any atom is -0.377 e. The van der Waals surface area contributed by atoms with Crippen molar-refractivity contribution in [3.63, 3.8) is 0 Å². The van der Waals surface area contributed by atoms with Gasteiger partial charge < -0.3 is 5.11 Å². The normalized spacial score (nSPS) is 22.8. The molecule has 0 bridgehead atoms. The van der Waals surface area contributed by atoms with Gasteiger partial charge in [0.15, 0.2) is 0 Å². The molecule has 1 unspecified atom stereocenters. The van der Waals surface area contributed by atoms with Crippen molar-refractivity contribution in [1.29, 1.82) is 0 Å². The fraction of sp³-hybridized carbons (Fsp3) is 0.800. The zero-order valence-electron chi connectivity index (χ0n) is 7.35. The minimum absolute atomic E-state index is 0.444. The molecule has 1 fully saturated rings. The third-order valence-corrected chi connectivity index (χ3v) is 2.66. The van der Waals surface area contributed by atoms with Crippen LogP contribution in [-0.2, 0) is 0 Å². The summed E-state index contributed by atoms with van der Waals surface area (Å²) in [6.45, 7) is 3.79. The second kappa shape index (κ2) is 3.28. The van der Waals surface area contributed by atoms with Gasteiger partial charge in [-0.2, -0.15) is 0 Å². The number of rotatable bonds is 2. The summed E-state index contributed by atoms with van der Waals surface area (Å²) in [6, 6.07) is 0. The highest BCUT2D eigenvalue weighted by atomic mass is 16.3. The summed E-state index contributed by atoms with van der Waals surface area (Å²) >= 11 is 0. The van der Waals surface area contributed by atoms with E-state index in [1.165, 1.54) is 6.42 Å². The van der Waals surface area contributed by atoms with Crippen molar-refractivity contribution >= 4 is 0 Å². The molecule has 62 valence electrons. The van der Waals surface area contributed by atoms with Crippen molar-refractivity contribution in [2.24, 2.45) is 5.92 Å². The molecule has 1 rings (SSSR count). The average Bonchev–Trinajstić information content (AvgIpc) is 1.84. The molecule has 0 aromatic heterocycles. The Kier molecular flexibility index (Phi) is 2.57. The van der Waals surface area contributed by atoms with Crippen molar-refractivity contribution in [1.82, 2.24) is 0 Å². The van der Waals surface area contributed by atoms with E-state index in [2.05, 4.69) is 11.8 Å². The molecule has 1 heteroatoms. The van der Waals surface area contributed by atoms with Crippen molar-refractivity contribution in [2.45, 2.75) is 45.1 Å². The Bertz CT molecular complexity index is 183. The molecule has 11 heavy (non-hydrogen) atoms. The average molecular weight is 152 g/mol. The van der Waals surface area contributed by atoms with Crippen LogP contribution in [0.4, 0.5) is 0 Å². The number of aliphatic hydroxyl groups is 1. The van der Waals surface area contributed by atoms with Crippen LogP contribution >= 0.6 is 0 Å². The van der Waals surface area contributed by atoms with Crippen LogP contribution < -0.4 is 0 Å². The van der Waals surface area contributed by atoms with Crippen molar-refractivity contribution in [2.75, 3.05) is 0 Å². The maximum absolute atomic E-state index is 9.97. The highest BCUT2D eigenvalue weighted by Gasteiger charge is 2.36. The molecule has 1 N–H and O–H groups in total. The largest absolute Gasteiger partial charge is 0.377 e. The molecule has 1 saturated carbocycles. The van der Waals surface area contributed by atoms with E-state index in [9.17, 15) is 5.11 Å². The van der Waals surface area contributed by atoms with Gasteiger partial charge in [-0.3, -0.25) is 0 Å². The standard InChI is InChI=1S/C10H16O/c1-3-8-10(11,4-2)9-6-5-7-9/h9,11H,4-7H2,1-2H3. The van der Waals surface area contributed by atoms with Gasteiger partial charge in [-0.05, 0) is 32.1 Å². The second-order valence-corrected chi connectivity index (χ2v) is 3.28. The Hall–Kier alpha value is -0.480. The van der Waals surface area contributed by atoms with Crippen LogP contribution in [-0.4, -0.2) is 10.7 Å². The van der Waals surface area contributed by atoms with Crippen molar-refractivity contribution in [3.05, 3.63) is 0 Å². The molecule has 0 amide bonds. The van der Waals surface area contributed by atoms with E-state index >= 15 is 0 Å². The molecular weight excluding hydrogens is 136 g/mol. The van der Waals surface area contributed by atoms with Crippen LogP contribution in [0.5, 0.6) is 0 Å². The van der Waals surface area contributed by atoms with Crippen molar-refractivity contribution in [3.8, 4) is 11.8 Å². The Morgan fingerprint density at radius 3 is 2.45 bits per heavy atom. The van der Waals surface area contributed by atoms with Gasteiger partial charge in [-0.25, -0.2) is 0 Å². The van der Waals surface area contributed by atoms with Gasteiger partial charge in [0.2, 0.25) is 0 Å². The van der Waals surface area contributed by atoms with E-state index in [0.29, 0.717) is 5.92 Å². The van der Waals surface area contributed by atoms with Gasteiger partial charge in [-0.15, -0.1) is 5.92 Å². The lowest BCUT2D eigenvalue weighted by atomic mass is 9.72. The van der Waals surface area contributed by atoms with Gasteiger partial charge in [-0.1, -0.05) is 19.3 Å². The fourth-order valence-electron chi connectivity index (χ4n) is 1.58. The van der Waals surface area contributed by atoms with E-state index in [-0.39, 0.29) is 0 Å². The van der Waals surface area contributed by atoms with Gasteiger partial charge in [0.05, 0.1) is 0 Å². The highest BCUT2D eigenvalue weighted by Crippen LogP contribution is 2.37. The summed E-state index contributed by atoms with van der Waals surface area (Å²) in [7, 11) is 0. The van der Waals surface area contributed by atoms with E-state index < -0.39 is 5.60 Å². The lowest BCUT2D eigenvalue weighted by Gasteiger charge is -2.37. The third kappa shape index (κ3) is 1.57. The summed E-state index contributed by atoms with van der Waals surface area (Å²) in [5.74, 6) is 6.17. The number of hydrogen-bond acceptors (Lipinski definition) is 1. The van der Waals surface area contributed by atoms with E-state index in [0.717, 1.165) is 19.3 Å². The van der Waals surface area contributed by atoms with Gasteiger partial charge in [0.25, 0.3) is 0 Å². The summed E-state index contributed by atoms with van der Waals surface area (Å²) < 4.78 is 0. The third-order valence-electron chi connectivity index (χ3n) is 2.66. The highest BCUT2D eigenvalue weighted by molar-refractivity contribution is 5.15. The van der Waals surface area contributed by atoms with E-state index in [1.54, 1.807) is 6.92 Å². The SMILES string of the molecule is CC#CC(O)(CC)C1CCC1. The number of hydrogen-bond donors (Lipinski definition) is 1. The van der Waals surface area contributed by atoms with E-state index in [1.807, 2.05) is 6.92 Å². The molecule has 0 saturated heterocycles. The summed E-state index contributed by atoms with van der Waals surface area (Å²) in [4.78, 5) is 0. The van der Waals surface area contributed by atoms with Crippen LogP contribution in [0, 0.1) is 17.8 Å². The summed E-state index contributed by atoms with van der Waals surface area (Å²) in [5, 5.41) is 9.97. The smallest absolute Gasteiger partial charge is 0.128 e. The Balaban J connectivity index is 2.62. The van der Waals surface area contributed by atoms with Crippen LogP contribution in [0.15, 0.2) is 0 Å². The first-order valence-corrected chi connectivity index (χ1v) is 4.39. The van der Waals surface area contributed by atoms with Gasteiger partial charge in [0.1, 0.15) is 5.60 Å². The summed E-state index contributed by atoms with van der Waals surface area (Å²) in [6.07, 6.45) is 4.33. The first kappa shape index (κ1) is 8.62. The minimum atomic E-state index is -0.674. The van der Waals surface area contributed by atoms with Crippen LogP contribution in [0.25, 0.3) is 0 Å². The maximum atomic E-state index is 9.97. The van der Waals surface area contributed by atoms with Crippen molar-refractivity contribution < 1.29 is 5.11 Å². The Morgan fingerprint density at radius 1 is 1.55 bits per heavy atom. The van der Waals surface area contributed by atoms with E-state index in [4.69, 9.17) is 0 Å². The second-order valence-electron chi connectivity index (χ2n) is 3.28.